The highest BCUT2D eigenvalue weighted by Gasteiger charge is 2.24. The molecule has 1 saturated heterocycles. The van der Waals surface area contributed by atoms with Crippen LogP contribution >= 0.6 is 0 Å². The van der Waals surface area contributed by atoms with E-state index in [1.165, 1.54) is 6.07 Å². The van der Waals surface area contributed by atoms with Crippen molar-refractivity contribution in [3.05, 3.63) is 52.2 Å². The summed E-state index contributed by atoms with van der Waals surface area (Å²) in [5.41, 5.74) is -0.349. The Bertz CT molecular complexity index is 783. The first-order valence-electron chi connectivity index (χ1n) is 7.85. The number of phenols is 1. The van der Waals surface area contributed by atoms with Crippen LogP contribution in [0, 0.1) is 10.1 Å². The summed E-state index contributed by atoms with van der Waals surface area (Å²) in [6.45, 7) is 1.42. The average Bonchev–Trinajstić information content (AvgIpc) is 2.62. The van der Waals surface area contributed by atoms with Crippen LogP contribution in [0.5, 0.6) is 5.75 Å². The van der Waals surface area contributed by atoms with Gasteiger partial charge in [-0.05, 0) is 37.1 Å². The van der Waals surface area contributed by atoms with Gasteiger partial charge in [0.25, 0.3) is 5.91 Å². The molecular formula is C16H17N5O4. The Morgan fingerprint density at radius 2 is 2.24 bits per heavy atom. The number of piperidine rings is 1. The predicted octanol–water partition coefficient (Wildman–Crippen LogP) is 1.49. The smallest absolute Gasteiger partial charge is 0.311 e. The molecular weight excluding hydrogens is 326 g/mol. The Kier molecular flexibility index (Phi) is 4.73. The van der Waals surface area contributed by atoms with Gasteiger partial charge in [0.15, 0.2) is 11.6 Å². The Morgan fingerprint density at radius 1 is 1.40 bits per heavy atom. The molecule has 1 aliphatic rings. The fourth-order valence-electron chi connectivity index (χ4n) is 2.84. The van der Waals surface area contributed by atoms with Crippen LogP contribution in [0.3, 0.4) is 0 Å². The first kappa shape index (κ1) is 16.6. The summed E-state index contributed by atoms with van der Waals surface area (Å²) in [6.07, 6.45) is 3.30. The second-order valence-electron chi connectivity index (χ2n) is 5.80. The number of carbonyl (C=O) groups excluding carboxylic acids is 1. The second kappa shape index (κ2) is 7.12. The van der Waals surface area contributed by atoms with Gasteiger partial charge in [-0.25, -0.2) is 0 Å². The highest BCUT2D eigenvalue weighted by molar-refractivity contribution is 5.95. The van der Waals surface area contributed by atoms with Crippen molar-refractivity contribution in [3.8, 4) is 5.75 Å². The molecule has 9 nitrogen and oxygen atoms in total. The van der Waals surface area contributed by atoms with Gasteiger partial charge in [0, 0.05) is 37.0 Å². The minimum Gasteiger partial charge on any atom is -0.502 e. The minimum atomic E-state index is -0.720. The number of nitro benzene ring substituents is 1. The van der Waals surface area contributed by atoms with Gasteiger partial charge in [-0.3, -0.25) is 14.9 Å². The zero-order chi connectivity index (χ0) is 17.8. The third-order valence-electron chi connectivity index (χ3n) is 4.07. The van der Waals surface area contributed by atoms with E-state index in [4.69, 9.17) is 0 Å². The number of rotatable bonds is 4. The molecule has 3 rings (SSSR count). The van der Waals surface area contributed by atoms with Gasteiger partial charge in [0.1, 0.15) is 0 Å². The summed E-state index contributed by atoms with van der Waals surface area (Å²) in [7, 11) is 0. The third kappa shape index (κ3) is 3.82. The van der Waals surface area contributed by atoms with Crippen molar-refractivity contribution >= 4 is 17.4 Å². The van der Waals surface area contributed by atoms with E-state index in [2.05, 4.69) is 15.5 Å². The van der Waals surface area contributed by atoms with Crippen LogP contribution in [-0.2, 0) is 0 Å². The molecule has 1 aliphatic heterocycles. The largest absolute Gasteiger partial charge is 0.502 e. The van der Waals surface area contributed by atoms with Crippen molar-refractivity contribution in [2.24, 2.45) is 0 Å². The van der Waals surface area contributed by atoms with Crippen molar-refractivity contribution in [3.63, 3.8) is 0 Å². The molecule has 0 saturated carbocycles. The van der Waals surface area contributed by atoms with Crippen LogP contribution in [0.2, 0.25) is 0 Å². The quantitative estimate of drug-likeness (QED) is 0.637. The first-order chi connectivity index (χ1) is 12.0. The third-order valence-corrected chi connectivity index (χ3v) is 4.07. The summed E-state index contributed by atoms with van der Waals surface area (Å²) < 4.78 is 0. The Hall–Kier alpha value is -3.23. The van der Waals surface area contributed by atoms with E-state index in [1.54, 1.807) is 12.3 Å². The average molecular weight is 343 g/mol. The maximum absolute atomic E-state index is 12.4. The van der Waals surface area contributed by atoms with Crippen LogP contribution in [-0.4, -0.2) is 45.3 Å². The number of aromatic nitrogens is 2. The molecule has 1 atom stereocenters. The van der Waals surface area contributed by atoms with E-state index in [-0.39, 0.29) is 11.6 Å². The summed E-state index contributed by atoms with van der Waals surface area (Å²) in [5, 5.41) is 31.2. The van der Waals surface area contributed by atoms with Crippen molar-refractivity contribution < 1.29 is 14.8 Å². The number of nitro groups is 1. The maximum Gasteiger partial charge on any atom is 0.311 e. The number of nitrogens with zero attached hydrogens (tertiary/aromatic N) is 4. The van der Waals surface area contributed by atoms with Gasteiger partial charge in [-0.2, -0.15) is 5.10 Å². The van der Waals surface area contributed by atoms with Gasteiger partial charge in [0.05, 0.1) is 4.92 Å². The standard InChI is InChI=1S/C16H17N5O4/c22-14-6-5-11(9-13(14)21(24)25)16(23)18-12-3-2-8-20(10-12)15-4-1-7-17-19-15/h1,4-7,9,12,22H,2-3,8,10H2,(H,18,23)/t12-/m0/s1. The summed E-state index contributed by atoms with van der Waals surface area (Å²) in [6, 6.07) is 7.16. The van der Waals surface area contributed by atoms with E-state index >= 15 is 0 Å². The fraction of sp³-hybridized carbons (Fsp3) is 0.312. The molecule has 1 aromatic carbocycles. The van der Waals surface area contributed by atoms with Crippen LogP contribution in [0.1, 0.15) is 23.2 Å². The van der Waals surface area contributed by atoms with E-state index < -0.39 is 22.3 Å². The van der Waals surface area contributed by atoms with Crippen LogP contribution in [0.25, 0.3) is 0 Å². The monoisotopic (exact) mass is 343 g/mol. The molecule has 0 bridgehead atoms. The molecule has 2 aromatic rings. The van der Waals surface area contributed by atoms with Crippen LogP contribution in [0.4, 0.5) is 11.5 Å². The Labute approximate surface area is 143 Å². The van der Waals surface area contributed by atoms with E-state index in [1.807, 2.05) is 11.0 Å². The molecule has 25 heavy (non-hydrogen) atoms. The second-order valence-corrected chi connectivity index (χ2v) is 5.80. The van der Waals surface area contributed by atoms with Crippen molar-refractivity contribution in [1.29, 1.82) is 0 Å². The number of phenolic OH excluding ortho intramolecular Hbond substituents is 1. The Balaban J connectivity index is 1.68. The first-order valence-corrected chi connectivity index (χ1v) is 7.85. The molecule has 1 fully saturated rings. The molecule has 9 heteroatoms. The highest BCUT2D eigenvalue weighted by Crippen LogP contribution is 2.26. The maximum atomic E-state index is 12.4. The number of amides is 1. The van der Waals surface area contributed by atoms with Crippen molar-refractivity contribution in [2.45, 2.75) is 18.9 Å². The summed E-state index contributed by atoms with van der Waals surface area (Å²) in [5.74, 6) is -0.121. The lowest BCUT2D eigenvalue weighted by Gasteiger charge is -2.33. The number of carbonyl (C=O) groups is 1. The SMILES string of the molecule is O=C(N[C@H]1CCCN(c2cccnn2)C1)c1ccc(O)c([N+](=O)[O-])c1. The number of hydrogen-bond donors (Lipinski definition) is 2. The van der Waals surface area contributed by atoms with E-state index in [9.17, 15) is 20.0 Å². The molecule has 130 valence electrons. The van der Waals surface area contributed by atoms with Gasteiger partial charge >= 0.3 is 5.69 Å². The molecule has 0 radical (unpaired) electrons. The normalized spacial score (nSPS) is 17.1. The van der Waals surface area contributed by atoms with Crippen molar-refractivity contribution in [2.75, 3.05) is 18.0 Å². The van der Waals surface area contributed by atoms with E-state index in [0.717, 1.165) is 37.3 Å². The molecule has 1 aromatic heterocycles. The zero-order valence-electron chi connectivity index (χ0n) is 13.3. The van der Waals surface area contributed by atoms with Gasteiger partial charge in [-0.1, -0.05) is 0 Å². The van der Waals surface area contributed by atoms with Gasteiger partial charge < -0.3 is 15.3 Å². The predicted molar refractivity (Wildman–Crippen MR) is 89.5 cm³/mol. The molecule has 1 amide bonds. The van der Waals surface area contributed by atoms with Crippen LogP contribution in [0.15, 0.2) is 36.5 Å². The van der Waals surface area contributed by atoms with Gasteiger partial charge in [0.2, 0.25) is 0 Å². The molecule has 0 aliphatic carbocycles. The Morgan fingerprint density at radius 3 is 2.96 bits per heavy atom. The highest BCUT2D eigenvalue weighted by atomic mass is 16.6. The van der Waals surface area contributed by atoms with Crippen molar-refractivity contribution in [1.82, 2.24) is 15.5 Å². The number of benzene rings is 1. The van der Waals surface area contributed by atoms with Gasteiger partial charge in [-0.15, -0.1) is 5.10 Å². The lowest BCUT2D eigenvalue weighted by molar-refractivity contribution is -0.385. The zero-order valence-corrected chi connectivity index (χ0v) is 13.3. The topological polar surface area (TPSA) is 121 Å². The molecule has 0 spiro atoms. The summed E-state index contributed by atoms with van der Waals surface area (Å²) >= 11 is 0. The number of aromatic hydroxyl groups is 1. The number of nitrogens with one attached hydrogen (secondary N) is 1. The van der Waals surface area contributed by atoms with Crippen LogP contribution < -0.4 is 10.2 Å². The molecule has 0 unspecified atom stereocenters. The fourth-order valence-corrected chi connectivity index (χ4v) is 2.84. The van der Waals surface area contributed by atoms with E-state index in [0.29, 0.717) is 6.54 Å². The lowest BCUT2D eigenvalue weighted by atomic mass is 10.0. The molecule has 2 N–H and O–H groups in total. The number of anilines is 1. The summed E-state index contributed by atoms with van der Waals surface area (Å²) in [4.78, 5) is 24.6. The molecule has 2 heterocycles. The lowest BCUT2D eigenvalue weighted by Crippen LogP contribution is -2.48. The minimum absolute atomic E-state index is 0.101. The number of hydrogen-bond acceptors (Lipinski definition) is 7.